The van der Waals surface area contributed by atoms with Crippen molar-refractivity contribution in [1.29, 1.82) is 0 Å². The van der Waals surface area contributed by atoms with Crippen LogP contribution < -0.4 is 0 Å². The maximum absolute atomic E-state index is 11.6. The summed E-state index contributed by atoms with van der Waals surface area (Å²) in [5, 5.41) is 0. The third-order valence-electron chi connectivity index (χ3n) is 4.79. The number of hydrogen-bond donors (Lipinski definition) is 0. The summed E-state index contributed by atoms with van der Waals surface area (Å²) < 4.78 is 0. The van der Waals surface area contributed by atoms with E-state index in [4.69, 9.17) is 0 Å². The minimum absolute atomic E-state index is 0.482. The van der Waals surface area contributed by atoms with E-state index in [0.717, 1.165) is 32.2 Å². The van der Waals surface area contributed by atoms with Crippen LogP contribution in [0.5, 0.6) is 0 Å². The van der Waals surface area contributed by atoms with E-state index in [9.17, 15) is 4.79 Å². The first kappa shape index (κ1) is 12.9. The second-order valence-electron chi connectivity index (χ2n) is 5.99. The number of nitrogens with zero attached hydrogens (tertiary/aromatic N) is 1. The lowest BCUT2D eigenvalue weighted by Crippen LogP contribution is -2.44. The molecular formula is C17H23NO. The van der Waals surface area contributed by atoms with Gasteiger partial charge >= 0.3 is 0 Å². The smallest absolute Gasteiger partial charge is 0.136 e. The third-order valence-corrected chi connectivity index (χ3v) is 4.79. The minimum atomic E-state index is 0.482. The zero-order valence-corrected chi connectivity index (χ0v) is 11.8. The molecule has 2 bridgehead atoms. The van der Waals surface area contributed by atoms with Crippen molar-refractivity contribution in [3.63, 3.8) is 0 Å². The average Bonchev–Trinajstić information content (AvgIpc) is 2.67. The Balaban J connectivity index is 1.58. The van der Waals surface area contributed by atoms with Crippen molar-refractivity contribution in [2.75, 3.05) is 6.54 Å². The fourth-order valence-electron chi connectivity index (χ4n) is 3.63. The Morgan fingerprint density at radius 3 is 2.21 bits per heavy atom. The number of ketones is 1. The van der Waals surface area contributed by atoms with Gasteiger partial charge in [-0.1, -0.05) is 31.2 Å². The fraction of sp³-hybridized carbons (Fsp3) is 0.588. The molecule has 2 aliphatic rings. The summed E-state index contributed by atoms with van der Waals surface area (Å²) in [5.41, 5.74) is 2.83. The number of fused-ring (bicyclic) bond motifs is 2. The molecule has 2 nitrogen and oxygen atoms in total. The highest BCUT2D eigenvalue weighted by Gasteiger charge is 2.39. The lowest BCUT2D eigenvalue weighted by atomic mass is 10.0. The summed E-state index contributed by atoms with van der Waals surface area (Å²) in [5.74, 6) is 0.482. The molecule has 2 aliphatic heterocycles. The van der Waals surface area contributed by atoms with Crippen LogP contribution in [0.15, 0.2) is 24.3 Å². The quantitative estimate of drug-likeness (QED) is 0.826. The predicted molar refractivity (Wildman–Crippen MR) is 77.3 cm³/mol. The third kappa shape index (κ3) is 2.74. The first-order valence-corrected chi connectivity index (χ1v) is 7.61. The number of rotatable bonds is 4. The molecule has 1 aromatic rings. The summed E-state index contributed by atoms with van der Waals surface area (Å²) in [6.45, 7) is 3.31. The maximum Gasteiger partial charge on any atom is 0.136 e. The van der Waals surface area contributed by atoms with E-state index in [1.54, 1.807) is 0 Å². The number of carbonyl (C=O) groups is 1. The normalized spacial score (nSPS) is 26.9. The molecule has 3 rings (SSSR count). The van der Waals surface area contributed by atoms with Crippen molar-refractivity contribution in [1.82, 2.24) is 4.90 Å². The molecule has 102 valence electrons. The lowest BCUT2D eigenvalue weighted by Gasteiger charge is -2.33. The van der Waals surface area contributed by atoms with Gasteiger partial charge < -0.3 is 0 Å². The molecule has 0 amide bonds. The first-order chi connectivity index (χ1) is 9.26. The van der Waals surface area contributed by atoms with Crippen LogP contribution in [0, 0.1) is 0 Å². The van der Waals surface area contributed by atoms with Crippen molar-refractivity contribution < 1.29 is 4.79 Å². The number of carbonyl (C=O) groups excluding carboxylic acids is 1. The first-order valence-electron chi connectivity index (χ1n) is 7.61. The van der Waals surface area contributed by atoms with E-state index in [2.05, 4.69) is 36.1 Å². The van der Waals surface area contributed by atoms with Crippen LogP contribution in [-0.2, 0) is 17.6 Å². The molecule has 0 aliphatic carbocycles. The summed E-state index contributed by atoms with van der Waals surface area (Å²) in [7, 11) is 0. The van der Waals surface area contributed by atoms with E-state index in [-0.39, 0.29) is 0 Å². The van der Waals surface area contributed by atoms with E-state index < -0.39 is 0 Å². The van der Waals surface area contributed by atoms with Gasteiger partial charge in [0.2, 0.25) is 0 Å². The van der Waals surface area contributed by atoms with Crippen molar-refractivity contribution >= 4 is 5.78 Å². The molecule has 0 spiro atoms. The Morgan fingerprint density at radius 1 is 1.05 bits per heavy atom. The number of aryl methyl sites for hydroxylation is 1. The molecule has 2 unspecified atom stereocenters. The highest BCUT2D eigenvalue weighted by Crippen LogP contribution is 2.33. The van der Waals surface area contributed by atoms with E-state index >= 15 is 0 Å². The van der Waals surface area contributed by atoms with E-state index in [0.29, 0.717) is 17.9 Å². The monoisotopic (exact) mass is 257 g/mol. The van der Waals surface area contributed by atoms with Crippen LogP contribution in [0.1, 0.15) is 43.7 Å². The summed E-state index contributed by atoms with van der Waals surface area (Å²) in [4.78, 5) is 14.2. The molecule has 0 saturated carbocycles. The number of Topliss-reactive ketones (excluding diaryl/α,β-unsaturated/α-hetero) is 1. The second kappa shape index (κ2) is 5.46. The summed E-state index contributed by atoms with van der Waals surface area (Å²) >= 11 is 0. The van der Waals surface area contributed by atoms with Crippen molar-refractivity contribution in [2.24, 2.45) is 0 Å². The van der Waals surface area contributed by atoms with Crippen molar-refractivity contribution in [3.05, 3.63) is 35.4 Å². The Kier molecular flexibility index (Phi) is 3.69. The fourth-order valence-corrected chi connectivity index (χ4v) is 3.63. The van der Waals surface area contributed by atoms with Gasteiger partial charge in [0.25, 0.3) is 0 Å². The average molecular weight is 257 g/mol. The van der Waals surface area contributed by atoms with Crippen LogP contribution >= 0.6 is 0 Å². The van der Waals surface area contributed by atoms with Gasteiger partial charge in [-0.25, -0.2) is 0 Å². The van der Waals surface area contributed by atoms with E-state index in [1.807, 2.05) is 0 Å². The van der Waals surface area contributed by atoms with E-state index in [1.165, 1.54) is 24.0 Å². The minimum Gasteiger partial charge on any atom is -0.300 e. The maximum atomic E-state index is 11.6. The molecule has 19 heavy (non-hydrogen) atoms. The zero-order valence-electron chi connectivity index (χ0n) is 11.8. The van der Waals surface area contributed by atoms with Crippen LogP contribution in [0.3, 0.4) is 0 Å². The SMILES string of the molecule is CCc1ccc(CCN2C3CCC2CC(=O)C3)cc1. The molecule has 2 fully saturated rings. The van der Waals surface area contributed by atoms with Gasteiger partial charge in [0, 0.05) is 31.5 Å². The Hall–Kier alpha value is -1.15. The van der Waals surface area contributed by atoms with Crippen LogP contribution in [0.2, 0.25) is 0 Å². The zero-order chi connectivity index (χ0) is 13.2. The second-order valence-corrected chi connectivity index (χ2v) is 5.99. The molecule has 0 radical (unpaired) electrons. The highest BCUT2D eigenvalue weighted by molar-refractivity contribution is 5.80. The number of benzene rings is 1. The van der Waals surface area contributed by atoms with Crippen molar-refractivity contribution in [2.45, 2.75) is 57.5 Å². The molecule has 2 atom stereocenters. The van der Waals surface area contributed by atoms with Gasteiger partial charge in [-0.2, -0.15) is 0 Å². The largest absolute Gasteiger partial charge is 0.300 e. The highest BCUT2D eigenvalue weighted by atomic mass is 16.1. The lowest BCUT2D eigenvalue weighted by molar-refractivity contribution is -0.123. The molecule has 2 saturated heterocycles. The summed E-state index contributed by atoms with van der Waals surface area (Å²) in [6, 6.07) is 10.1. The van der Waals surface area contributed by atoms with Crippen LogP contribution in [0.25, 0.3) is 0 Å². The topological polar surface area (TPSA) is 20.3 Å². The van der Waals surface area contributed by atoms with Crippen LogP contribution in [0.4, 0.5) is 0 Å². The standard InChI is InChI=1S/C17H23NO/c1-2-13-3-5-14(6-4-13)9-10-18-15-7-8-16(18)12-17(19)11-15/h3-6,15-16H,2,7-12H2,1H3. The number of piperidine rings is 1. The van der Waals surface area contributed by atoms with Gasteiger partial charge in [-0.3, -0.25) is 9.69 Å². The Labute approximate surface area is 115 Å². The molecule has 2 heteroatoms. The predicted octanol–water partition coefficient (Wildman–Crippen LogP) is 2.99. The molecule has 2 heterocycles. The molecule has 0 N–H and O–H groups in total. The molecule has 0 aromatic heterocycles. The Bertz CT molecular complexity index is 435. The Morgan fingerprint density at radius 2 is 1.63 bits per heavy atom. The van der Waals surface area contributed by atoms with Crippen molar-refractivity contribution in [3.8, 4) is 0 Å². The summed E-state index contributed by atoms with van der Waals surface area (Å²) in [6.07, 6.45) is 6.27. The van der Waals surface area contributed by atoms with Gasteiger partial charge in [0.15, 0.2) is 0 Å². The molecule has 1 aromatic carbocycles. The van der Waals surface area contributed by atoms with Gasteiger partial charge in [-0.15, -0.1) is 0 Å². The van der Waals surface area contributed by atoms with Crippen LogP contribution in [-0.4, -0.2) is 29.3 Å². The molecular weight excluding hydrogens is 234 g/mol. The van der Waals surface area contributed by atoms with Gasteiger partial charge in [0.1, 0.15) is 5.78 Å². The van der Waals surface area contributed by atoms with Gasteiger partial charge in [-0.05, 0) is 36.8 Å². The number of hydrogen-bond acceptors (Lipinski definition) is 2. The van der Waals surface area contributed by atoms with Gasteiger partial charge in [0.05, 0.1) is 0 Å².